The van der Waals surface area contributed by atoms with Crippen molar-refractivity contribution in [3.63, 3.8) is 0 Å². The molecule has 2 aromatic heterocycles. The summed E-state index contributed by atoms with van der Waals surface area (Å²) in [7, 11) is 0. The molecule has 0 radical (unpaired) electrons. The van der Waals surface area contributed by atoms with Crippen LogP contribution in [0, 0.1) is 0 Å². The highest BCUT2D eigenvalue weighted by Gasteiger charge is 2.17. The number of nitrogen functional groups attached to an aromatic ring is 1. The number of hydrogen-bond acceptors (Lipinski definition) is 5. The standard InChI is InChI=1S/C14H15N5O/c1-9(2)13-17-14(20-18-13)11-8-16-19(12(11)15)10-6-4-3-5-7-10/h3-9H,15H2,1-2H3. The predicted octanol–water partition coefficient (Wildman–Crippen LogP) is 2.63. The zero-order valence-electron chi connectivity index (χ0n) is 11.3. The summed E-state index contributed by atoms with van der Waals surface area (Å²) in [5.41, 5.74) is 7.66. The third-order valence-corrected chi connectivity index (χ3v) is 3.00. The molecule has 0 bridgehead atoms. The molecule has 0 amide bonds. The Hall–Kier alpha value is -2.63. The third-order valence-electron chi connectivity index (χ3n) is 3.00. The van der Waals surface area contributed by atoms with Gasteiger partial charge in [-0.25, -0.2) is 4.68 Å². The van der Waals surface area contributed by atoms with Crippen molar-refractivity contribution < 1.29 is 4.52 Å². The molecule has 20 heavy (non-hydrogen) atoms. The zero-order valence-corrected chi connectivity index (χ0v) is 11.3. The monoisotopic (exact) mass is 269 g/mol. The molecule has 0 spiro atoms. The van der Waals surface area contributed by atoms with Crippen molar-refractivity contribution in [2.24, 2.45) is 0 Å². The first kappa shape index (κ1) is 12.4. The molecule has 2 N–H and O–H groups in total. The van der Waals surface area contributed by atoms with Crippen LogP contribution in [0.25, 0.3) is 17.1 Å². The van der Waals surface area contributed by atoms with Gasteiger partial charge in [0.25, 0.3) is 5.89 Å². The number of hydrogen-bond donors (Lipinski definition) is 1. The van der Waals surface area contributed by atoms with Gasteiger partial charge in [0.1, 0.15) is 11.4 Å². The summed E-state index contributed by atoms with van der Waals surface area (Å²) in [6.45, 7) is 4.01. The lowest BCUT2D eigenvalue weighted by Crippen LogP contribution is -2.01. The van der Waals surface area contributed by atoms with Crippen LogP contribution in [0.2, 0.25) is 0 Å². The van der Waals surface area contributed by atoms with Gasteiger partial charge in [-0.2, -0.15) is 10.1 Å². The van der Waals surface area contributed by atoms with Crippen molar-refractivity contribution in [1.82, 2.24) is 19.9 Å². The van der Waals surface area contributed by atoms with E-state index >= 15 is 0 Å². The Kier molecular flexibility index (Phi) is 2.98. The Morgan fingerprint density at radius 3 is 2.60 bits per heavy atom. The molecule has 0 aliphatic rings. The Labute approximate surface area is 116 Å². The number of nitrogens with two attached hydrogens (primary N) is 1. The van der Waals surface area contributed by atoms with E-state index < -0.39 is 0 Å². The molecule has 0 aliphatic carbocycles. The molecule has 2 heterocycles. The molecule has 0 saturated heterocycles. The summed E-state index contributed by atoms with van der Waals surface area (Å²) in [4.78, 5) is 4.34. The number of rotatable bonds is 3. The number of para-hydroxylation sites is 1. The molecule has 102 valence electrons. The highest BCUT2D eigenvalue weighted by atomic mass is 16.5. The van der Waals surface area contributed by atoms with E-state index in [1.807, 2.05) is 44.2 Å². The van der Waals surface area contributed by atoms with Gasteiger partial charge in [0.15, 0.2) is 5.82 Å². The lowest BCUT2D eigenvalue weighted by atomic mass is 10.2. The number of benzene rings is 1. The average molecular weight is 269 g/mol. The van der Waals surface area contributed by atoms with Crippen LogP contribution in [0.5, 0.6) is 0 Å². The molecule has 3 rings (SSSR count). The highest BCUT2D eigenvalue weighted by Crippen LogP contribution is 2.27. The summed E-state index contributed by atoms with van der Waals surface area (Å²) < 4.78 is 6.89. The molecule has 1 aromatic carbocycles. The van der Waals surface area contributed by atoms with Crippen LogP contribution in [0.1, 0.15) is 25.6 Å². The first-order valence-corrected chi connectivity index (χ1v) is 6.39. The zero-order chi connectivity index (χ0) is 14.1. The molecule has 0 atom stereocenters. The van der Waals surface area contributed by atoms with E-state index in [4.69, 9.17) is 10.3 Å². The lowest BCUT2D eigenvalue weighted by molar-refractivity contribution is 0.419. The van der Waals surface area contributed by atoms with Crippen molar-refractivity contribution in [2.45, 2.75) is 19.8 Å². The summed E-state index contributed by atoms with van der Waals surface area (Å²) >= 11 is 0. The van der Waals surface area contributed by atoms with Crippen LogP contribution < -0.4 is 5.73 Å². The Bertz CT molecular complexity index is 714. The predicted molar refractivity (Wildman–Crippen MR) is 75.4 cm³/mol. The minimum absolute atomic E-state index is 0.206. The lowest BCUT2D eigenvalue weighted by Gasteiger charge is -2.03. The van der Waals surface area contributed by atoms with E-state index in [-0.39, 0.29) is 5.92 Å². The smallest absolute Gasteiger partial charge is 0.263 e. The maximum Gasteiger partial charge on any atom is 0.263 e. The molecule has 0 fully saturated rings. The topological polar surface area (TPSA) is 82.8 Å². The minimum Gasteiger partial charge on any atom is -0.383 e. The normalized spacial score (nSPS) is 11.2. The van der Waals surface area contributed by atoms with E-state index in [9.17, 15) is 0 Å². The summed E-state index contributed by atoms with van der Waals surface area (Å²) in [5, 5.41) is 8.22. The van der Waals surface area contributed by atoms with Crippen LogP contribution in [0.4, 0.5) is 5.82 Å². The van der Waals surface area contributed by atoms with Crippen LogP contribution in [-0.4, -0.2) is 19.9 Å². The van der Waals surface area contributed by atoms with Crippen LogP contribution in [-0.2, 0) is 0 Å². The van der Waals surface area contributed by atoms with Crippen LogP contribution in [0.15, 0.2) is 41.1 Å². The van der Waals surface area contributed by atoms with E-state index in [1.165, 1.54) is 0 Å². The van der Waals surface area contributed by atoms with E-state index in [0.717, 1.165) is 5.69 Å². The van der Waals surface area contributed by atoms with Gasteiger partial charge in [-0.15, -0.1) is 0 Å². The van der Waals surface area contributed by atoms with Crippen LogP contribution in [0.3, 0.4) is 0 Å². The Morgan fingerprint density at radius 2 is 1.95 bits per heavy atom. The van der Waals surface area contributed by atoms with Gasteiger partial charge >= 0.3 is 0 Å². The van der Waals surface area contributed by atoms with Crippen molar-refractivity contribution in [3.05, 3.63) is 42.4 Å². The fourth-order valence-electron chi connectivity index (χ4n) is 1.88. The molecule has 0 aliphatic heterocycles. The summed E-state index contributed by atoms with van der Waals surface area (Å²) in [5.74, 6) is 1.74. The second-order valence-corrected chi connectivity index (χ2v) is 4.80. The summed E-state index contributed by atoms with van der Waals surface area (Å²) in [6.07, 6.45) is 1.64. The van der Waals surface area contributed by atoms with Gasteiger partial charge in [0.2, 0.25) is 0 Å². The quantitative estimate of drug-likeness (QED) is 0.790. The fourth-order valence-corrected chi connectivity index (χ4v) is 1.88. The molecular formula is C14H15N5O. The minimum atomic E-state index is 0.206. The molecule has 3 aromatic rings. The van der Waals surface area contributed by atoms with Crippen LogP contribution >= 0.6 is 0 Å². The number of nitrogens with zero attached hydrogens (tertiary/aromatic N) is 4. The largest absolute Gasteiger partial charge is 0.383 e. The Balaban J connectivity index is 2.02. The molecule has 0 unspecified atom stereocenters. The van der Waals surface area contributed by atoms with Crippen molar-refractivity contribution in [3.8, 4) is 17.1 Å². The van der Waals surface area contributed by atoms with E-state index in [1.54, 1.807) is 10.9 Å². The van der Waals surface area contributed by atoms with Gasteiger partial charge in [-0.3, -0.25) is 0 Å². The van der Waals surface area contributed by atoms with Gasteiger partial charge in [0, 0.05) is 5.92 Å². The maximum atomic E-state index is 6.13. The fraction of sp³-hybridized carbons (Fsp3) is 0.214. The molecule has 0 saturated carbocycles. The third kappa shape index (κ3) is 2.05. The van der Waals surface area contributed by atoms with Gasteiger partial charge < -0.3 is 10.3 Å². The van der Waals surface area contributed by atoms with Crippen molar-refractivity contribution in [2.75, 3.05) is 5.73 Å². The number of aromatic nitrogens is 4. The van der Waals surface area contributed by atoms with E-state index in [2.05, 4.69) is 15.2 Å². The maximum absolute atomic E-state index is 6.13. The second-order valence-electron chi connectivity index (χ2n) is 4.80. The van der Waals surface area contributed by atoms with Gasteiger partial charge in [-0.1, -0.05) is 37.2 Å². The second kappa shape index (κ2) is 4.80. The Morgan fingerprint density at radius 1 is 1.20 bits per heavy atom. The van der Waals surface area contributed by atoms with Crippen molar-refractivity contribution in [1.29, 1.82) is 0 Å². The first-order chi connectivity index (χ1) is 9.66. The van der Waals surface area contributed by atoms with Gasteiger partial charge in [-0.05, 0) is 12.1 Å². The SMILES string of the molecule is CC(C)c1noc(-c2cnn(-c3ccccc3)c2N)n1. The molecular weight excluding hydrogens is 254 g/mol. The first-order valence-electron chi connectivity index (χ1n) is 6.39. The van der Waals surface area contributed by atoms with Gasteiger partial charge in [0.05, 0.1) is 11.9 Å². The van der Waals surface area contributed by atoms with Crippen molar-refractivity contribution >= 4 is 5.82 Å². The number of anilines is 1. The molecule has 6 nitrogen and oxygen atoms in total. The average Bonchev–Trinajstić information content (AvgIpc) is 3.06. The summed E-state index contributed by atoms with van der Waals surface area (Å²) in [6, 6.07) is 9.66. The molecule has 6 heteroatoms. The van der Waals surface area contributed by atoms with E-state index in [0.29, 0.717) is 23.1 Å². The highest BCUT2D eigenvalue weighted by molar-refractivity contribution is 5.68.